The minimum atomic E-state index is 0.576. The Labute approximate surface area is 156 Å². The van der Waals surface area contributed by atoms with Crippen molar-refractivity contribution < 1.29 is 4.74 Å². The first-order valence-electron chi connectivity index (χ1n) is 8.76. The Morgan fingerprint density at radius 3 is 2.72 bits per heavy atom. The van der Waals surface area contributed by atoms with Crippen molar-refractivity contribution in [3.63, 3.8) is 0 Å². The molecule has 3 nitrogen and oxygen atoms in total. The van der Waals surface area contributed by atoms with Gasteiger partial charge in [-0.15, -0.1) is 6.58 Å². The zero-order chi connectivity index (χ0) is 18.2. The number of fused-ring (bicyclic) bond motifs is 1. The summed E-state index contributed by atoms with van der Waals surface area (Å²) in [6, 6.07) is 10.6. The largest absolute Gasteiger partial charge is 0.496 e. The molecule has 0 spiro atoms. The fraction of sp³-hybridized carbons (Fsp3) is 0.381. The number of methoxy groups -OCH3 is 1. The Balaban J connectivity index is 2.17. The lowest BCUT2D eigenvalue weighted by Crippen LogP contribution is -2.38. The Morgan fingerprint density at radius 1 is 1.24 bits per heavy atom. The minimum Gasteiger partial charge on any atom is -0.496 e. The SMILES string of the molecule is C=CCc1c(OC)ccc2cccc(CCNC(=S)NCC(C)C)c12. The van der Waals surface area contributed by atoms with Crippen LogP contribution in [0.25, 0.3) is 10.8 Å². The van der Waals surface area contributed by atoms with Crippen LogP contribution in [0.4, 0.5) is 0 Å². The van der Waals surface area contributed by atoms with E-state index in [1.165, 1.54) is 21.9 Å². The first-order chi connectivity index (χ1) is 12.1. The van der Waals surface area contributed by atoms with Gasteiger partial charge in [0.05, 0.1) is 7.11 Å². The zero-order valence-electron chi connectivity index (χ0n) is 15.4. The molecule has 4 heteroatoms. The molecular weight excluding hydrogens is 328 g/mol. The van der Waals surface area contributed by atoms with Gasteiger partial charge in [-0.1, -0.05) is 44.2 Å². The molecule has 25 heavy (non-hydrogen) atoms. The van der Waals surface area contributed by atoms with Gasteiger partial charge >= 0.3 is 0 Å². The molecule has 134 valence electrons. The summed E-state index contributed by atoms with van der Waals surface area (Å²) in [6.45, 7) is 9.92. The Morgan fingerprint density at radius 2 is 2.04 bits per heavy atom. The van der Waals surface area contributed by atoms with Crippen LogP contribution < -0.4 is 15.4 Å². The third-order valence-electron chi connectivity index (χ3n) is 4.12. The van der Waals surface area contributed by atoms with E-state index < -0.39 is 0 Å². The average molecular weight is 357 g/mol. The van der Waals surface area contributed by atoms with Crippen molar-refractivity contribution >= 4 is 28.1 Å². The maximum Gasteiger partial charge on any atom is 0.166 e. The summed E-state index contributed by atoms with van der Waals surface area (Å²) in [5, 5.41) is 9.76. The molecule has 0 unspecified atom stereocenters. The molecule has 0 atom stereocenters. The number of thiocarbonyl (C=S) groups is 1. The van der Waals surface area contributed by atoms with Gasteiger partial charge < -0.3 is 15.4 Å². The van der Waals surface area contributed by atoms with Gasteiger partial charge in [-0.05, 0) is 53.4 Å². The lowest BCUT2D eigenvalue weighted by molar-refractivity contribution is 0.411. The second-order valence-corrected chi connectivity index (χ2v) is 6.94. The maximum absolute atomic E-state index is 5.56. The normalized spacial score (nSPS) is 10.7. The summed E-state index contributed by atoms with van der Waals surface area (Å²) in [5.41, 5.74) is 2.50. The van der Waals surface area contributed by atoms with Crippen LogP contribution in [0.1, 0.15) is 25.0 Å². The highest BCUT2D eigenvalue weighted by Crippen LogP contribution is 2.31. The van der Waals surface area contributed by atoms with E-state index in [0.29, 0.717) is 5.92 Å². The van der Waals surface area contributed by atoms with Crippen molar-refractivity contribution in [1.82, 2.24) is 10.6 Å². The van der Waals surface area contributed by atoms with E-state index >= 15 is 0 Å². The second kappa shape index (κ2) is 9.42. The molecule has 2 aromatic rings. The number of rotatable bonds is 8. The van der Waals surface area contributed by atoms with Crippen LogP contribution in [0.15, 0.2) is 43.0 Å². The summed E-state index contributed by atoms with van der Waals surface area (Å²) in [4.78, 5) is 0. The molecule has 0 saturated heterocycles. The fourth-order valence-corrected chi connectivity index (χ4v) is 3.12. The van der Waals surface area contributed by atoms with Crippen molar-refractivity contribution in [2.75, 3.05) is 20.2 Å². The molecule has 2 N–H and O–H groups in total. The maximum atomic E-state index is 5.56. The van der Waals surface area contributed by atoms with Gasteiger partial charge in [-0.25, -0.2) is 0 Å². The standard InChI is InChI=1S/C21H28N2OS/c1-5-7-18-19(24-4)11-10-16-8-6-9-17(20(16)18)12-13-22-21(25)23-14-15(2)3/h5-6,8-11,15H,1,7,12-14H2,2-4H3,(H2,22,23,25). The summed E-state index contributed by atoms with van der Waals surface area (Å²) >= 11 is 5.34. The van der Waals surface area contributed by atoms with Gasteiger partial charge in [0.25, 0.3) is 0 Å². The van der Waals surface area contributed by atoms with E-state index in [0.717, 1.165) is 36.8 Å². The highest BCUT2D eigenvalue weighted by Gasteiger charge is 2.11. The van der Waals surface area contributed by atoms with Crippen LogP contribution in [0.3, 0.4) is 0 Å². The van der Waals surface area contributed by atoms with Gasteiger partial charge in [0, 0.05) is 18.7 Å². The first kappa shape index (κ1) is 19.3. The van der Waals surface area contributed by atoms with Crippen molar-refractivity contribution in [1.29, 1.82) is 0 Å². The lowest BCUT2D eigenvalue weighted by atomic mass is 9.95. The number of benzene rings is 2. The third kappa shape index (κ3) is 5.20. The smallest absolute Gasteiger partial charge is 0.166 e. The van der Waals surface area contributed by atoms with E-state index in [2.05, 4.69) is 55.3 Å². The molecule has 2 aromatic carbocycles. The van der Waals surface area contributed by atoms with E-state index in [1.54, 1.807) is 7.11 Å². The Hall–Kier alpha value is -2.07. The van der Waals surface area contributed by atoms with Gasteiger partial charge in [0.2, 0.25) is 0 Å². The number of allylic oxidation sites excluding steroid dienone is 1. The highest BCUT2D eigenvalue weighted by atomic mass is 32.1. The summed E-state index contributed by atoms with van der Waals surface area (Å²) in [7, 11) is 1.72. The monoisotopic (exact) mass is 356 g/mol. The van der Waals surface area contributed by atoms with E-state index in [9.17, 15) is 0 Å². The third-order valence-corrected chi connectivity index (χ3v) is 4.40. The molecule has 0 fully saturated rings. The van der Waals surface area contributed by atoms with Crippen LogP contribution in [0.5, 0.6) is 5.75 Å². The van der Waals surface area contributed by atoms with Crippen molar-refractivity contribution in [2.45, 2.75) is 26.7 Å². The number of hydrogen-bond acceptors (Lipinski definition) is 2. The lowest BCUT2D eigenvalue weighted by Gasteiger charge is -2.16. The summed E-state index contributed by atoms with van der Waals surface area (Å²) in [5.74, 6) is 1.49. The highest BCUT2D eigenvalue weighted by molar-refractivity contribution is 7.80. The van der Waals surface area contributed by atoms with Crippen LogP contribution in [-0.2, 0) is 12.8 Å². The predicted molar refractivity (Wildman–Crippen MR) is 112 cm³/mol. The number of hydrogen-bond donors (Lipinski definition) is 2. The van der Waals surface area contributed by atoms with Crippen molar-refractivity contribution in [2.24, 2.45) is 5.92 Å². The Bertz CT molecular complexity index is 740. The van der Waals surface area contributed by atoms with Crippen LogP contribution in [0, 0.1) is 5.92 Å². The van der Waals surface area contributed by atoms with Gasteiger partial charge in [-0.3, -0.25) is 0 Å². The van der Waals surface area contributed by atoms with Crippen LogP contribution >= 0.6 is 12.2 Å². The van der Waals surface area contributed by atoms with Crippen LogP contribution in [0.2, 0.25) is 0 Å². The molecule has 0 amide bonds. The topological polar surface area (TPSA) is 33.3 Å². The average Bonchev–Trinajstić information content (AvgIpc) is 2.60. The van der Waals surface area contributed by atoms with Gasteiger partial charge in [-0.2, -0.15) is 0 Å². The zero-order valence-corrected chi connectivity index (χ0v) is 16.2. The molecule has 2 rings (SSSR count). The Kier molecular flexibility index (Phi) is 7.26. The van der Waals surface area contributed by atoms with E-state index in [4.69, 9.17) is 17.0 Å². The molecule has 0 aliphatic carbocycles. The van der Waals surface area contributed by atoms with Crippen molar-refractivity contribution in [3.05, 3.63) is 54.1 Å². The predicted octanol–water partition coefficient (Wildman–Crippen LogP) is 4.24. The minimum absolute atomic E-state index is 0.576. The van der Waals surface area contributed by atoms with Crippen LogP contribution in [-0.4, -0.2) is 25.3 Å². The molecule has 0 bridgehead atoms. The molecule has 0 aromatic heterocycles. The number of ether oxygens (including phenoxy) is 1. The molecule has 0 saturated carbocycles. The van der Waals surface area contributed by atoms with Crippen molar-refractivity contribution in [3.8, 4) is 5.75 Å². The fourth-order valence-electron chi connectivity index (χ4n) is 2.93. The molecule has 0 radical (unpaired) electrons. The summed E-state index contributed by atoms with van der Waals surface area (Å²) in [6.07, 6.45) is 3.62. The summed E-state index contributed by atoms with van der Waals surface area (Å²) < 4.78 is 5.56. The van der Waals surface area contributed by atoms with Gasteiger partial charge in [0.1, 0.15) is 5.75 Å². The second-order valence-electron chi connectivity index (χ2n) is 6.54. The quantitative estimate of drug-likeness (QED) is 0.547. The molecule has 0 heterocycles. The van der Waals surface area contributed by atoms with E-state index in [1.807, 2.05) is 12.1 Å². The molecule has 0 aliphatic heterocycles. The number of nitrogens with one attached hydrogen (secondary N) is 2. The molecule has 0 aliphatic rings. The van der Waals surface area contributed by atoms with Gasteiger partial charge in [0.15, 0.2) is 5.11 Å². The first-order valence-corrected chi connectivity index (χ1v) is 9.17. The van der Waals surface area contributed by atoms with E-state index in [-0.39, 0.29) is 0 Å². The molecular formula is C21H28N2OS.